The van der Waals surface area contributed by atoms with Gasteiger partial charge in [-0.15, -0.1) is 0 Å². The molecule has 0 aromatic heterocycles. The molecule has 1 atom stereocenters. The molecule has 1 aromatic carbocycles. The van der Waals surface area contributed by atoms with Crippen molar-refractivity contribution in [2.75, 3.05) is 18.1 Å². The van der Waals surface area contributed by atoms with Gasteiger partial charge in [0.1, 0.15) is 5.75 Å². The highest BCUT2D eigenvalue weighted by Crippen LogP contribution is 2.22. The summed E-state index contributed by atoms with van der Waals surface area (Å²) in [5, 5.41) is 12.3. The molecular weight excluding hydrogens is 234 g/mol. The molecule has 1 amide bonds. The van der Waals surface area contributed by atoms with Crippen LogP contribution < -0.4 is 5.32 Å². The summed E-state index contributed by atoms with van der Waals surface area (Å²) in [6, 6.07) is 4.94. The van der Waals surface area contributed by atoms with Gasteiger partial charge in [0.2, 0.25) is 0 Å². The lowest BCUT2D eigenvalue weighted by Gasteiger charge is -2.10. The quantitative estimate of drug-likeness (QED) is 0.865. The molecular formula is C13H17NO2S. The standard InChI is InChI=1S/C13H17NO2S/c1-9-6-11(2-3-12(9)15)13(16)14-7-10-4-5-17-8-10/h2-3,6,10,15H,4-5,7-8H2,1H3,(H,14,16). The summed E-state index contributed by atoms with van der Waals surface area (Å²) in [4.78, 5) is 11.9. The number of phenols is 1. The molecule has 2 rings (SSSR count). The van der Waals surface area contributed by atoms with Crippen molar-refractivity contribution in [3.63, 3.8) is 0 Å². The second kappa shape index (κ2) is 5.45. The van der Waals surface area contributed by atoms with Gasteiger partial charge in [0.05, 0.1) is 0 Å². The summed E-state index contributed by atoms with van der Waals surface area (Å²) in [5.74, 6) is 3.15. The van der Waals surface area contributed by atoms with Crippen LogP contribution in [-0.4, -0.2) is 29.1 Å². The van der Waals surface area contributed by atoms with Crippen molar-refractivity contribution in [1.82, 2.24) is 5.32 Å². The zero-order valence-electron chi connectivity index (χ0n) is 9.90. The molecule has 1 aliphatic heterocycles. The van der Waals surface area contributed by atoms with Crippen LogP contribution in [0.1, 0.15) is 22.3 Å². The van der Waals surface area contributed by atoms with Crippen molar-refractivity contribution in [2.24, 2.45) is 5.92 Å². The fourth-order valence-electron chi connectivity index (χ4n) is 1.88. The van der Waals surface area contributed by atoms with Crippen LogP contribution in [-0.2, 0) is 0 Å². The predicted molar refractivity (Wildman–Crippen MR) is 70.6 cm³/mol. The van der Waals surface area contributed by atoms with Gasteiger partial charge in [-0.25, -0.2) is 0 Å². The van der Waals surface area contributed by atoms with Crippen LogP contribution in [0, 0.1) is 12.8 Å². The SMILES string of the molecule is Cc1cc(C(=O)NCC2CCSC2)ccc1O. The first kappa shape index (κ1) is 12.3. The van der Waals surface area contributed by atoms with E-state index in [2.05, 4.69) is 5.32 Å². The van der Waals surface area contributed by atoms with Crippen molar-refractivity contribution in [3.05, 3.63) is 29.3 Å². The fraction of sp³-hybridized carbons (Fsp3) is 0.462. The number of amides is 1. The van der Waals surface area contributed by atoms with E-state index >= 15 is 0 Å². The lowest BCUT2D eigenvalue weighted by Crippen LogP contribution is -2.29. The van der Waals surface area contributed by atoms with Gasteiger partial charge in [-0.3, -0.25) is 4.79 Å². The smallest absolute Gasteiger partial charge is 0.251 e. The number of aromatic hydroxyl groups is 1. The summed E-state index contributed by atoms with van der Waals surface area (Å²) < 4.78 is 0. The first-order valence-corrected chi connectivity index (χ1v) is 6.98. The minimum atomic E-state index is -0.0509. The molecule has 0 spiro atoms. The van der Waals surface area contributed by atoms with Crippen molar-refractivity contribution in [1.29, 1.82) is 0 Å². The first-order valence-electron chi connectivity index (χ1n) is 5.82. The molecule has 3 nitrogen and oxygen atoms in total. The lowest BCUT2D eigenvalue weighted by molar-refractivity contribution is 0.0948. The number of phenolic OH excluding ortho intramolecular Hbond substituents is 1. The van der Waals surface area contributed by atoms with E-state index in [1.165, 1.54) is 12.2 Å². The van der Waals surface area contributed by atoms with Crippen molar-refractivity contribution >= 4 is 17.7 Å². The van der Waals surface area contributed by atoms with Crippen molar-refractivity contribution in [2.45, 2.75) is 13.3 Å². The Labute approximate surface area is 106 Å². The van der Waals surface area contributed by atoms with Crippen molar-refractivity contribution in [3.8, 4) is 5.75 Å². The average molecular weight is 251 g/mol. The number of hydrogen-bond donors (Lipinski definition) is 2. The van der Waals surface area contributed by atoms with Crippen LogP contribution in [0.25, 0.3) is 0 Å². The van der Waals surface area contributed by atoms with E-state index in [4.69, 9.17) is 0 Å². The van der Waals surface area contributed by atoms with E-state index in [9.17, 15) is 9.90 Å². The van der Waals surface area contributed by atoms with Gasteiger partial charge in [-0.1, -0.05) is 0 Å². The summed E-state index contributed by atoms with van der Waals surface area (Å²) in [6.45, 7) is 2.55. The number of nitrogens with one attached hydrogen (secondary N) is 1. The Balaban J connectivity index is 1.92. The highest BCUT2D eigenvalue weighted by atomic mass is 32.2. The lowest BCUT2D eigenvalue weighted by atomic mass is 10.1. The van der Waals surface area contributed by atoms with Crippen LogP contribution >= 0.6 is 11.8 Å². The Morgan fingerprint density at radius 3 is 3.06 bits per heavy atom. The molecule has 0 aliphatic carbocycles. The van der Waals surface area contributed by atoms with E-state index in [1.807, 2.05) is 11.8 Å². The number of carbonyl (C=O) groups is 1. The zero-order valence-corrected chi connectivity index (χ0v) is 10.7. The molecule has 1 saturated heterocycles. The summed E-state index contributed by atoms with van der Waals surface area (Å²) >= 11 is 1.95. The van der Waals surface area contributed by atoms with Crippen LogP contribution in [0.3, 0.4) is 0 Å². The Hall–Kier alpha value is -1.16. The third kappa shape index (κ3) is 3.16. The molecule has 2 N–H and O–H groups in total. The average Bonchev–Trinajstić information content (AvgIpc) is 2.82. The van der Waals surface area contributed by atoms with Crippen LogP contribution in [0.4, 0.5) is 0 Å². The van der Waals surface area contributed by atoms with Gasteiger partial charge in [-0.05, 0) is 54.5 Å². The molecule has 1 aliphatic rings. The largest absolute Gasteiger partial charge is 0.508 e. The topological polar surface area (TPSA) is 49.3 Å². The second-order valence-electron chi connectivity index (χ2n) is 4.44. The molecule has 1 heterocycles. The number of rotatable bonds is 3. The summed E-state index contributed by atoms with van der Waals surface area (Å²) in [5.41, 5.74) is 1.35. The normalized spacial score (nSPS) is 19.2. The maximum atomic E-state index is 11.9. The third-order valence-corrected chi connectivity index (χ3v) is 4.27. The van der Waals surface area contributed by atoms with Crippen LogP contribution in [0.15, 0.2) is 18.2 Å². The predicted octanol–water partition coefficient (Wildman–Crippen LogP) is 2.18. The molecule has 4 heteroatoms. The minimum Gasteiger partial charge on any atom is -0.508 e. The van der Waals surface area contributed by atoms with Gasteiger partial charge >= 0.3 is 0 Å². The maximum Gasteiger partial charge on any atom is 0.251 e. The second-order valence-corrected chi connectivity index (χ2v) is 5.59. The molecule has 0 saturated carbocycles. The van der Waals surface area contributed by atoms with Gasteiger partial charge in [0.15, 0.2) is 0 Å². The van der Waals surface area contributed by atoms with Gasteiger partial charge in [-0.2, -0.15) is 11.8 Å². The zero-order chi connectivity index (χ0) is 12.3. The Kier molecular flexibility index (Phi) is 3.94. The first-order chi connectivity index (χ1) is 8.16. The Bertz CT molecular complexity index is 414. The summed E-state index contributed by atoms with van der Waals surface area (Å²) in [6.07, 6.45) is 1.19. The number of carbonyl (C=O) groups excluding carboxylic acids is 1. The highest BCUT2D eigenvalue weighted by Gasteiger charge is 2.16. The number of benzene rings is 1. The van der Waals surface area contributed by atoms with E-state index in [0.717, 1.165) is 17.9 Å². The van der Waals surface area contributed by atoms with E-state index in [-0.39, 0.29) is 11.7 Å². The monoisotopic (exact) mass is 251 g/mol. The van der Waals surface area contributed by atoms with Crippen LogP contribution in [0.5, 0.6) is 5.75 Å². The molecule has 1 unspecified atom stereocenters. The Morgan fingerprint density at radius 2 is 2.41 bits per heavy atom. The molecule has 0 bridgehead atoms. The Morgan fingerprint density at radius 1 is 1.59 bits per heavy atom. The summed E-state index contributed by atoms with van der Waals surface area (Å²) in [7, 11) is 0. The van der Waals surface area contributed by atoms with Gasteiger partial charge < -0.3 is 10.4 Å². The molecule has 1 aromatic rings. The van der Waals surface area contributed by atoms with Gasteiger partial charge in [0, 0.05) is 12.1 Å². The van der Waals surface area contributed by atoms with Crippen LogP contribution in [0.2, 0.25) is 0 Å². The van der Waals surface area contributed by atoms with E-state index in [1.54, 1.807) is 25.1 Å². The molecule has 0 radical (unpaired) electrons. The number of aryl methyl sites for hydroxylation is 1. The van der Waals surface area contributed by atoms with E-state index < -0.39 is 0 Å². The van der Waals surface area contributed by atoms with Crippen molar-refractivity contribution < 1.29 is 9.90 Å². The third-order valence-electron chi connectivity index (χ3n) is 3.03. The highest BCUT2D eigenvalue weighted by molar-refractivity contribution is 7.99. The molecule has 1 fully saturated rings. The molecule has 92 valence electrons. The number of thioether (sulfide) groups is 1. The fourth-order valence-corrected chi connectivity index (χ4v) is 3.16. The van der Waals surface area contributed by atoms with Gasteiger partial charge in [0.25, 0.3) is 5.91 Å². The van der Waals surface area contributed by atoms with E-state index in [0.29, 0.717) is 11.5 Å². The maximum absolute atomic E-state index is 11.9. The molecule has 17 heavy (non-hydrogen) atoms. The minimum absolute atomic E-state index is 0.0509. The number of hydrogen-bond acceptors (Lipinski definition) is 3.